The van der Waals surface area contributed by atoms with Gasteiger partial charge in [0.25, 0.3) is 0 Å². The van der Waals surface area contributed by atoms with Gasteiger partial charge in [-0.1, -0.05) is 55.0 Å². The van der Waals surface area contributed by atoms with Crippen LogP contribution in [0.25, 0.3) is 11.1 Å². The summed E-state index contributed by atoms with van der Waals surface area (Å²) in [4.78, 5) is 36.7. The number of nitrogens with one attached hydrogen (secondary N) is 2. The lowest BCUT2D eigenvalue weighted by molar-refractivity contribution is -0.143. The zero-order valence-corrected chi connectivity index (χ0v) is 19.0. The number of amides is 2. The van der Waals surface area contributed by atoms with Crippen LogP contribution in [0.4, 0.5) is 4.79 Å². The second-order valence-corrected chi connectivity index (χ2v) is 9.45. The number of carbonyl (C=O) groups is 3. The Hall–Kier alpha value is -3.35. The van der Waals surface area contributed by atoms with Crippen LogP contribution in [0.15, 0.2) is 48.5 Å². The molecular formula is C26H30N2O5. The highest BCUT2D eigenvalue weighted by Gasteiger charge is 2.35. The Morgan fingerprint density at radius 1 is 1.00 bits per heavy atom. The third-order valence-corrected chi connectivity index (χ3v) is 6.68. The maximum atomic E-state index is 12.8. The first kappa shape index (κ1) is 22.8. The Kier molecular flexibility index (Phi) is 6.40. The summed E-state index contributed by atoms with van der Waals surface area (Å²) in [5.74, 6) is -1.69. The lowest BCUT2D eigenvalue weighted by Crippen LogP contribution is -2.57. The molecule has 1 saturated carbocycles. The Morgan fingerprint density at radius 2 is 1.61 bits per heavy atom. The van der Waals surface area contributed by atoms with E-state index in [1.54, 1.807) is 13.8 Å². The molecule has 1 fully saturated rings. The van der Waals surface area contributed by atoms with Crippen molar-refractivity contribution in [2.75, 3.05) is 6.61 Å². The van der Waals surface area contributed by atoms with Crippen molar-refractivity contribution in [1.82, 2.24) is 10.6 Å². The molecule has 0 spiro atoms. The highest BCUT2D eigenvalue weighted by atomic mass is 16.5. The van der Waals surface area contributed by atoms with Gasteiger partial charge in [-0.05, 0) is 55.4 Å². The van der Waals surface area contributed by atoms with Crippen molar-refractivity contribution >= 4 is 18.0 Å². The summed E-state index contributed by atoms with van der Waals surface area (Å²) in [6.07, 6.45) is 1.85. The molecule has 2 aliphatic carbocycles. The van der Waals surface area contributed by atoms with E-state index in [4.69, 9.17) is 4.74 Å². The molecule has 0 aliphatic heterocycles. The molecule has 0 aromatic heterocycles. The van der Waals surface area contributed by atoms with Crippen molar-refractivity contribution < 1.29 is 24.2 Å². The lowest BCUT2D eigenvalue weighted by atomic mass is 9.85. The number of aliphatic carboxylic acids is 1. The van der Waals surface area contributed by atoms with Gasteiger partial charge < -0.3 is 20.5 Å². The third kappa shape index (κ3) is 4.87. The van der Waals surface area contributed by atoms with Crippen LogP contribution in [-0.4, -0.2) is 41.3 Å². The molecule has 3 N–H and O–H groups in total. The minimum atomic E-state index is -1.20. The van der Waals surface area contributed by atoms with Crippen LogP contribution in [0.1, 0.15) is 56.6 Å². The summed E-state index contributed by atoms with van der Waals surface area (Å²) in [6, 6.07) is 16.0. The van der Waals surface area contributed by atoms with Gasteiger partial charge in [-0.25, -0.2) is 4.79 Å². The van der Waals surface area contributed by atoms with Gasteiger partial charge >= 0.3 is 12.1 Å². The number of benzene rings is 2. The minimum absolute atomic E-state index is 0.0599. The number of carboxylic acids is 1. The first-order chi connectivity index (χ1) is 15.8. The number of fused-ring (bicyclic) bond motifs is 3. The van der Waals surface area contributed by atoms with Gasteiger partial charge in [0.05, 0.1) is 5.92 Å². The topological polar surface area (TPSA) is 105 Å². The summed E-state index contributed by atoms with van der Waals surface area (Å²) in [7, 11) is 0. The number of hydrogen-bond acceptors (Lipinski definition) is 4. The van der Waals surface area contributed by atoms with Crippen LogP contribution < -0.4 is 10.6 Å². The van der Waals surface area contributed by atoms with Gasteiger partial charge in [-0.3, -0.25) is 9.59 Å². The molecule has 7 heteroatoms. The van der Waals surface area contributed by atoms with Crippen molar-refractivity contribution in [1.29, 1.82) is 0 Å². The Bertz CT molecular complexity index is 1020. The number of alkyl carbamates (subject to hydrolysis) is 1. The first-order valence-electron chi connectivity index (χ1n) is 11.4. The van der Waals surface area contributed by atoms with E-state index in [9.17, 15) is 19.5 Å². The normalized spacial score (nSPS) is 19.8. The van der Waals surface area contributed by atoms with Crippen LogP contribution in [0.3, 0.4) is 0 Å². The van der Waals surface area contributed by atoms with Gasteiger partial charge in [0, 0.05) is 12.0 Å². The highest BCUT2D eigenvalue weighted by Crippen LogP contribution is 2.44. The Labute approximate surface area is 193 Å². The third-order valence-electron chi connectivity index (χ3n) is 6.68. The average Bonchev–Trinajstić information content (AvgIpc) is 3.11. The van der Waals surface area contributed by atoms with E-state index in [1.807, 2.05) is 36.4 Å². The van der Waals surface area contributed by atoms with E-state index in [-0.39, 0.29) is 24.5 Å². The fourth-order valence-electron chi connectivity index (χ4n) is 4.86. The lowest BCUT2D eigenvalue weighted by Gasteiger charge is -2.31. The Morgan fingerprint density at radius 3 is 2.21 bits per heavy atom. The predicted octanol–water partition coefficient (Wildman–Crippen LogP) is 4.06. The van der Waals surface area contributed by atoms with Gasteiger partial charge in [-0.15, -0.1) is 0 Å². The zero-order valence-electron chi connectivity index (χ0n) is 19.0. The molecule has 7 nitrogen and oxygen atoms in total. The maximum absolute atomic E-state index is 12.8. The summed E-state index contributed by atoms with van der Waals surface area (Å²) in [5, 5.41) is 14.8. The number of carboxylic acid groups (broad SMARTS) is 1. The molecule has 0 radical (unpaired) electrons. The van der Waals surface area contributed by atoms with Crippen LogP contribution in [-0.2, 0) is 14.3 Å². The minimum Gasteiger partial charge on any atom is -0.481 e. The summed E-state index contributed by atoms with van der Waals surface area (Å²) >= 11 is 0. The molecule has 0 saturated heterocycles. The number of hydrogen-bond donors (Lipinski definition) is 3. The van der Waals surface area contributed by atoms with Crippen LogP contribution in [0, 0.1) is 5.92 Å². The molecule has 33 heavy (non-hydrogen) atoms. The summed E-state index contributed by atoms with van der Waals surface area (Å²) in [5.41, 5.74) is 3.34. The van der Waals surface area contributed by atoms with E-state index in [2.05, 4.69) is 22.8 Å². The Balaban J connectivity index is 1.35. The smallest absolute Gasteiger partial charge is 0.408 e. The first-order valence-corrected chi connectivity index (χ1v) is 11.4. The largest absolute Gasteiger partial charge is 0.481 e. The fourth-order valence-corrected chi connectivity index (χ4v) is 4.86. The van der Waals surface area contributed by atoms with E-state index < -0.39 is 23.5 Å². The molecule has 2 aromatic carbocycles. The monoisotopic (exact) mass is 450 g/mol. The summed E-state index contributed by atoms with van der Waals surface area (Å²) < 4.78 is 5.56. The molecule has 0 heterocycles. The van der Waals surface area contributed by atoms with E-state index in [0.717, 1.165) is 35.1 Å². The van der Waals surface area contributed by atoms with Crippen LogP contribution in [0.5, 0.6) is 0 Å². The van der Waals surface area contributed by atoms with Crippen molar-refractivity contribution in [3.05, 3.63) is 59.7 Å². The number of ether oxygens (including phenoxy) is 1. The fraction of sp³-hybridized carbons (Fsp3) is 0.423. The van der Waals surface area contributed by atoms with Crippen molar-refractivity contribution in [2.45, 2.75) is 57.0 Å². The molecule has 2 aromatic rings. The van der Waals surface area contributed by atoms with E-state index in [1.165, 1.54) is 0 Å². The van der Waals surface area contributed by atoms with Crippen molar-refractivity contribution in [3.8, 4) is 11.1 Å². The molecule has 0 bridgehead atoms. The van der Waals surface area contributed by atoms with Gasteiger partial charge in [0.1, 0.15) is 12.1 Å². The second kappa shape index (κ2) is 9.25. The molecular weight excluding hydrogens is 420 g/mol. The van der Waals surface area contributed by atoms with E-state index in [0.29, 0.717) is 12.8 Å². The quantitative estimate of drug-likeness (QED) is 0.616. The number of carbonyl (C=O) groups excluding carboxylic acids is 2. The standard InChI is InChI=1S/C26H30N2O5/c1-26(2,24(31)27-17-9-7-8-16(14-17)23(29)30)28-25(32)33-15-22-20-12-5-3-10-18(20)19-11-4-6-13-21(19)22/h3-6,10-13,16-17,22H,7-9,14-15H2,1-2H3,(H,27,31)(H,28,32)(H,29,30). The van der Waals surface area contributed by atoms with Gasteiger partial charge in [0.15, 0.2) is 0 Å². The molecule has 2 unspecified atom stereocenters. The zero-order chi connectivity index (χ0) is 23.6. The van der Waals surface area contributed by atoms with E-state index >= 15 is 0 Å². The number of rotatable bonds is 6. The SMILES string of the molecule is CC(C)(NC(=O)OCC1c2ccccc2-c2ccccc21)C(=O)NC1CCCC(C(=O)O)C1. The summed E-state index contributed by atoms with van der Waals surface area (Å²) in [6.45, 7) is 3.39. The molecule has 2 aliphatic rings. The van der Waals surface area contributed by atoms with Gasteiger partial charge in [0.2, 0.25) is 5.91 Å². The van der Waals surface area contributed by atoms with Crippen LogP contribution >= 0.6 is 0 Å². The van der Waals surface area contributed by atoms with Gasteiger partial charge in [-0.2, -0.15) is 0 Å². The maximum Gasteiger partial charge on any atom is 0.408 e. The molecule has 174 valence electrons. The highest BCUT2D eigenvalue weighted by molar-refractivity contribution is 5.89. The average molecular weight is 451 g/mol. The van der Waals surface area contributed by atoms with Crippen molar-refractivity contribution in [2.24, 2.45) is 5.92 Å². The van der Waals surface area contributed by atoms with Crippen molar-refractivity contribution in [3.63, 3.8) is 0 Å². The molecule has 4 rings (SSSR count). The molecule has 2 atom stereocenters. The second-order valence-electron chi connectivity index (χ2n) is 9.45. The predicted molar refractivity (Wildman–Crippen MR) is 124 cm³/mol. The molecule has 2 amide bonds. The van der Waals surface area contributed by atoms with Crippen LogP contribution in [0.2, 0.25) is 0 Å².